The van der Waals surface area contributed by atoms with E-state index in [1.807, 2.05) is 18.1 Å². The maximum atomic E-state index is 12.1. The molecular formula is C14H24N4O2. The first-order valence-electron chi connectivity index (χ1n) is 7.20. The zero-order chi connectivity index (χ0) is 14.6. The summed E-state index contributed by atoms with van der Waals surface area (Å²) in [5.74, 6) is 0. The highest BCUT2D eigenvalue weighted by Crippen LogP contribution is 2.34. The number of nitrogens with one attached hydrogen (secondary N) is 1. The standard InChI is InChI=1S/C14H24N4O2/c1-3-14(11-19)4-6-18(7-5-14)13(20)15-8-12-9-16-17(2)10-12/h9-10,19H,3-8,11H2,1-2H3,(H,15,20). The van der Waals surface area contributed by atoms with Gasteiger partial charge < -0.3 is 15.3 Å². The number of nitrogens with zero attached hydrogens (tertiary/aromatic N) is 3. The van der Waals surface area contributed by atoms with E-state index in [-0.39, 0.29) is 18.1 Å². The molecule has 0 bridgehead atoms. The van der Waals surface area contributed by atoms with E-state index in [2.05, 4.69) is 17.3 Å². The Bertz CT molecular complexity index is 444. The molecule has 0 atom stereocenters. The minimum absolute atomic E-state index is 0.0140. The molecule has 0 spiro atoms. The highest BCUT2D eigenvalue weighted by Gasteiger charge is 2.33. The van der Waals surface area contributed by atoms with Crippen molar-refractivity contribution in [2.75, 3.05) is 19.7 Å². The normalized spacial score (nSPS) is 18.1. The van der Waals surface area contributed by atoms with Crippen LogP contribution in [0.4, 0.5) is 4.79 Å². The largest absolute Gasteiger partial charge is 0.396 e. The molecule has 1 aromatic heterocycles. The first kappa shape index (κ1) is 14.8. The van der Waals surface area contributed by atoms with Crippen LogP contribution >= 0.6 is 0 Å². The summed E-state index contributed by atoms with van der Waals surface area (Å²) in [6, 6.07) is -0.0310. The molecule has 1 aliphatic heterocycles. The van der Waals surface area contributed by atoms with Gasteiger partial charge in [0.25, 0.3) is 0 Å². The second-order valence-corrected chi connectivity index (χ2v) is 5.68. The van der Waals surface area contributed by atoms with Crippen molar-refractivity contribution < 1.29 is 9.90 Å². The molecule has 1 fully saturated rings. The summed E-state index contributed by atoms with van der Waals surface area (Å²) in [5, 5.41) is 16.5. The Kier molecular flexibility index (Phi) is 4.65. The van der Waals surface area contributed by atoms with Gasteiger partial charge in [0, 0.05) is 45.0 Å². The van der Waals surface area contributed by atoms with Gasteiger partial charge >= 0.3 is 6.03 Å². The number of urea groups is 1. The molecule has 1 aromatic rings. The topological polar surface area (TPSA) is 70.4 Å². The van der Waals surface area contributed by atoms with Crippen LogP contribution in [0.25, 0.3) is 0 Å². The predicted octanol–water partition coefficient (Wildman–Crippen LogP) is 1.11. The Labute approximate surface area is 119 Å². The number of aliphatic hydroxyl groups excluding tert-OH is 1. The molecule has 2 heterocycles. The van der Waals surface area contributed by atoms with Gasteiger partial charge in [-0.1, -0.05) is 6.92 Å². The molecule has 2 N–H and O–H groups in total. The number of rotatable bonds is 4. The van der Waals surface area contributed by atoms with Crippen LogP contribution in [0.3, 0.4) is 0 Å². The minimum atomic E-state index is -0.0310. The van der Waals surface area contributed by atoms with Crippen LogP contribution in [0.2, 0.25) is 0 Å². The molecule has 2 rings (SSSR count). The van der Waals surface area contributed by atoms with Crippen molar-refractivity contribution in [2.24, 2.45) is 12.5 Å². The Morgan fingerprint density at radius 2 is 2.20 bits per heavy atom. The summed E-state index contributed by atoms with van der Waals surface area (Å²) >= 11 is 0. The van der Waals surface area contributed by atoms with Gasteiger partial charge in [-0.25, -0.2) is 4.79 Å². The van der Waals surface area contributed by atoms with Crippen molar-refractivity contribution in [2.45, 2.75) is 32.7 Å². The van der Waals surface area contributed by atoms with E-state index in [9.17, 15) is 9.90 Å². The third kappa shape index (κ3) is 3.30. The lowest BCUT2D eigenvalue weighted by atomic mass is 9.77. The zero-order valence-electron chi connectivity index (χ0n) is 12.3. The Morgan fingerprint density at radius 3 is 2.70 bits per heavy atom. The van der Waals surface area contributed by atoms with E-state index < -0.39 is 0 Å². The highest BCUT2D eigenvalue weighted by atomic mass is 16.3. The smallest absolute Gasteiger partial charge is 0.317 e. The molecule has 0 unspecified atom stereocenters. The first-order valence-corrected chi connectivity index (χ1v) is 7.20. The second kappa shape index (κ2) is 6.26. The van der Waals surface area contributed by atoms with Crippen molar-refractivity contribution in [1.29, 1.82) is 0 Å². The van der Waals surface area contributed by atoms with Crippen molar-refractivity contribution in [3.05, 3.63) is 18.0 Å². The van der Waals surface area contributed by atoms with Gasteiger partial charge in [-0.05, 0) is 24.7 Å². The number of aliphatic hydroxyl groups is 1. The van der Waals surface area contributed by atoms with Crippen molar-refractivity contribution in [3.63, 3.8) is 0 Å². The van der Waals surface area contributed by atoms with E-state index in [1.54, 1.807) is 10.9 Å². The minimum Gasteiger partial charge on any atom is -0.396 e. The van der Waals surface area contributed by atoms with Gasteiger partial charge in [-0.3, -0.25) is 4.68 Å². The lowest BCUT2D eigenvalue weighted by molar-refractivity contribution is 0.0519. The second-order valence-electron chi connectivity index (χ2n) is 5.68. The van der Waals surface area contributed by atoms with Gasteiger partial charge in [0.15, 0.2) is 0 Å². The summed E-state index contributed by atoms with van der Waals surface area (Å²) in [4.78, 5) is 13.9. The summed E-state index contributed by atoms with van der Waals surface area (Å²) in [7, 11) is 1.86. The predicted molar refractivity (Wildman–Crippen MR) is 76.1 cm³/mol. The lowest BCUT2D eigenvalue weighted by Crippen LogP contribution is -2.48. The summed E-state index contributed by atoms with van der Waals surface area (Å²) < 4.78 is 1.72. The van der Waals surface area contributed by atoms with Gasteiger partial charge in [0.05, 0.1) is 6.20 Å². The van der Waals surface area contributed by atoms with Gasteiger partial charge in [-0.2, -0.15) is 5.10 Å². The molecule has 112 valence electrons. The molecule has 1 aliphatic rings. The van der Waals surface area contributed by atoms with Crippen molar-refractivity contribution in [1.82, 2.24) is 20.0 Å². The van der Waals surface area contributed by atoms with E-state index >= 15 is 0 Å². The van der Waals surface area contributed by atoms with E-state index in [1.165, 1.54) is 0 Å². The molecule has 6 heteroatoms. The summed E-state index contributed by atoms with van der Waals surface area (Å²) in [5.41, 5.74) is 1.01. The number of piperidine rings is 1. The van der Waals surface area contributed by atoms with Crippen molar-refractivity contribution in [3.8, 4) is 0 Å². The van der Waals surface area contributed by atoms with E-state index in [4.69, 9.17) is 0 Å². The number of aromatic nitrogens is 2. The number of aryl methyl sites for hydroxylation is 1. The Morgan fingerprint density at radius 1 is 1.50 bits per heavy atom. The van der Waals surface area contributed by atoms with Gasteiger partial charge in [0.2, 0.25) is 0 Å². The fraction of sp³-hybridized carbons (Fsp3) is 0.714. The number of hydrogen-bond donors (Lipinski definition) is 2. The molecule has 20 heavy (non-hydrogen) atoms. The highest BCUT2D eigenvalue weighted by molar-refractivity contribution is 5.74. The van der Waals surface area contributed by atoms with Gasteiger partial charge in [-0.15, -0.1) is 0 Å². The fourth-order valence-electron chi connectivity index (χ4n) is 2.66. The lowest BCUT2D eigenvalue weighted by Gasteiger charge is -2.40. The molecular weight excluding hydrogens is 256 g/mol. The van der Waals surface area contributed by atoms with E-state index in [0.29, 0.717) is 19.6 Å². The molecule has 0 radical (unpaired) electrons. The average Bonchev–Trinajstić information content (AvgIpc) is 2.90. The maximum absolute atomic E-state index is 12.1. The zero-order valence-corrected chi connectivity index (χ0v) is 12.3. The van der Waals surface area contributed by atoms with Gasteiger partial charge in [0.1, 0.15) is 0 Å². The Balaban J connectivity index is 1.80. The van der Waals surface area contributed by atoms with Crippen LogP contribution < -0.4 is 5.32 Å². The molecule has 6 nitrogen and oxygen atoms in total. The van der Waals surface area contributed by atoms with Crippen LogP contribution in [-0.2, 0) is 13.6 Å². The number of carbonyl (C=O) groups excluding carboxylic acids is 1. The van der Waals surface area contributed by atoms with E-state index in [0.717, 1.165) is 24.8 Å². The first-order chi connectivity index (χ1) is 9.58. The van der Waals surface area contributed by atoms with Crippen LogP contribution in [0, 0.1) is 5.41 Å². The average molecular weight is 280 g/mol. The third-order valence-corrected chi connectivity index (χ3v) is 4.40. The summed E-state index contributed by atoms with van der Waals surface area (Å²) in [6.07, 6.45) is 6.37. The Hall–Kier alpha value is -1.56. The third-order valence-electron chi connectivity index (χ3n) is 4.40. The molecule has 0 aromatic carbocycles. The van der Waals surface area contributed by atoms with Crippen LogP contribution in [0.1, 0.15) is 31.7 Å². The SMILES string of the molecule is CCC1(CO)CCN(C(=O)NCc2cnn(C)c2)CC1. The monoisotopic (exact) mass is 280 g/mol. The molecule has 0 aliphatic carbocycles. The number of likely N-dealkylation sites (tertiary alicyclic amines) is 1. The fourth-order valence-corrected chi connectivity index (χ4v) is 2.66. The van der Waals surface area contributed by atoms with Crippen LogP contribution in [-0.4, -0.2) is 45.5 Å². The number of hydrogen-bond acceptors (Lipinski definition) is 3. The van der Waals surface area contributed by atoms with Crippen LogP contribution in [0.15, 0.2) is 12.4 Å². The maximum Gasteiger partial charge on any atom is 0.317 e. The molecule has 0 saturated carbocycles. The van der Waals surface area contributed by atoms with Crippen molar-refractivity contribution >= 4 is 6.03 Å². The number of amides is 2. The quantitative estimate of drug-likeness (QED) is 0.868. The molecule has 2 amide bonds. The number of carbonyl (C=O) groups is 1. The molecule has 1 saturated heterocycles. The summed E-state index contributed by atoms with van der Waals surface area (Å²) in [6.45, 7) is 4.26. The van der Waals surface area contributed by atoms with Crippen LogP contribution in [0.5, 0.6) is 0 Å².